The van der Waals surface area contributed by atoms with Gasteiger partial charge >= 0.3 is 0 Å². The average Bonchev–Trinajstić information content (AvgIpc) is 2.95. The van der Waals surface area contributed by atoms with Gasteiger partial charge in [-0.2, -0.15) is 0 Å². The Morgan fingerprint density at radius 2 is 2.35 bits per heavy atom. The summed E-state index contributed by atoms with van der Waals surface area (Å²) in [7, 11) is 0. The van der Waals surface area contributed by atoms with Crippen molar-refractivity contribution < 1.29 is 0 Å². The van der Waals surface area contributed by atoms with Gasteiger partial charge in [-0.1, -0.05) is 6.92 Å². The monoisotopic (exact) mass is 330 g/mol. The summed E-state index contributed by atoms with van der Waals surface area (Å²) in [6.07, 6.45) is 4.14. The molecule has 0 aliphatic rings. The molecule has 1 N–H and O–H groups in total. The second-order valence-corrected chi connectivity index (χ2v) is 6.58. The van der Waals surface area contributed by atoms with E-state index in [1.54, 1.807) is 22.7 Å². The summed E-state index contributed by atoms with van der Waals surface area (Å²) in [6.45, 7) is 3.24. The molecule has 0 saturated carbocycles. The Bertz CT molecular complexity index is 439. The lowest BCUT2D eigenvalue weighted by Gasteiger charge is -2.16. The molecule has 0 spiro atoms. The van der Waals surface area contributed by atoms with Gasteiger partial charge in [0.1, 0.15) is 0 Å². The number of nitrogens with zero attached hydrogens (tertiary/aromatic N) is 1. The Morgan fingerprint density at radius 1 is 1.47 bits per heavy atom. The highest BCUT2D eigenvalue weighted by Crippen LogP contribution is 2.31. The van der Waals surface area contributed by atoms with Gasteiger partial charge < -0.3 is 5.32 Å². The zero-order valence-corrected chi connectivity index (χ0v) is 12.9. The Hall–Kier alpha value is -0.230. The summed E-state index contributed by atoms with van der Waals surface area (Å²) in [6, 6.07) is 2.51. The topological polar surface area (TPSA) is 24.9 Å². The number of aromatic nitrogens is 1. The van der Waals surface area contributed by atoms with E-state index in [1.165, 1.54) is 14.2 Å². The minimum absolute atomic E-state index is 0.393. The molecule has 0 fully saturated rings. The fourth-order valence-electron chi connectivity index (χ4n) is 1.67. The van der Waals surface area contributed by atoms with Gasteiger partial charge in [-0.05, 0) is 40.3 Å². The molecular weight excluding hydrogens is 316 g/mol. The van der Waals surface area contributed by atoms with Gasteiger partial charge in [0.05, 0.1) is 5.51 Å². The van der Waals surface area contributed by atoms with E-state index < -0.39 is 0 Å². The first-order valence-electron chi connectivity index (χ1n) is 5.65. The lowest BCUT2D eigenvalue weighted by atomic mass is 10.1. The standard InChI is InChI=1S/C12H15BrN2S2/c1-2-4-15-11(6-9-7-14-8-17-9)12-10(13)3-5-16-12/h3,5,7-8,11,15H,2,4,6H2,1H3. The van der Waals surface area contributed by atoms with E-state index in [1.807, 2.05) is 11.7 Å². The molecule has 2 aromatic rings. The van der Waals surface area contributed by atoms with Crippen LogP contribution in [-0.4, -0.2) is 11.5 Å². The molecule has 0 aliphatic heterocycles. The van der Waals surface area contributed by atoms with Crippen LogP contribution in [0.2, 0.25) is 0 Å². The second kappa shape index (κ2) is 6.64. The Kier molecular flexibility index (Phi) is 5.16. The summed E-state index contributed by atoms with van der Waals surface area (Å²) in [5, 5.41) is 5.74. The molecule has 1 atom stereocenters. The first-order chi connectivity index (χ1) is 8.31. The van der Waals surface area contributed by atoms with Crippen LogP contribution in [0, 0.1) is 0 Å². The molecule has 0 amide bonds. The van der Waals surface area contributed by atoms with Crippen molar-refractivity contribution in [3.05, 3.63) is 37.4 Å². The fourth-order valence-corrected chi connectivity index (χ4v) is 4.04. The smallest absolute Gasteiger partial charge is 0.0794 e. The number of hydrogen-bond acceptors (Lipinski definition) is 4. The summed E-state index contributed by atoms with van der Waals surface area (Å²) in [4.78, 5) is 6.86. The van der Waals surface area contributed by atoms with Crippen molar-refractivity contribution in [2.75, 3.05) is 6.54 Å². The lowest BCUT2D eigenvalue weighted by molar-refractivity contribution is 0.538. The van der Waals surface area contributed by atoms with E-state index in [4.69, 9.17) is 0 Å². The second-order valence-electron chi connectivity index (χ2n) is 3.81. The van der Waals surface area contributed by atoms with Crippen molar-refractivity contribution in [2.45, 2.75) is 25.8 Å². The highest BCUT2D eigenvalue weighted by atomic mass is 79.9. The van der Waals surface area contributed by atoms with E-state index in [-0.39, 0.29) is 0 Å². The molecule has 2 rings (SSSR count). The predicted octanol–water partition coefficient (Wildman–Crippen LogP) is 4.25. The van der Waals surface area contributed by atoms with Crippen LogP contribution >= 0.6 is 38.6 Å². The molecule has 2 aromatic heterocycles. The molecule has 17 heavy (non-hydrogen) atoms. The number of hydrogen-bond donors (Lipinski definition) is 1. The summed E-state index contributed by atoms with van der Waals surface area (Å²) < 4.78 is 1.21. The van der Waals surface area contributed by atoms with Gasteiger partial charge in [-0.15, -0.1) is 22.7 Å². The third-order valence-corrected chi connectivity index (χ3v) is 5.28. The van der Waals surface area contributed by atoms with Gasteiger partial charge in [0.15, 0.2) is 0 Å². The van der Waals surface area contributed by atoms with E-state index in [2.05, 4.69) is 44.6 Å². The van der Waals surface area contributed by atoms with Gasteiger partial charge in [0, 0.05) is 32.9 Å². The van der Waals surface area contributed by atoms with Crippen molar-refractivity contribution in [3.63, 3.8) is 0 Å². The maximum Gasteiger partial charge on any atom is 0.0794 e. The van der Waals surface area contributed by atoms with E-state index in [0.717, 1.165) is 19.4 Å². The third-order valence-electron chi connectivity index (χ3n) is 2.49. The van der Waals surface area contributed by atoms with Crippen molar-refractivity contribution in [2.24, 2.45) is 0 Å². The van der Waals surface area contributed by atoms with E-state index in [9.17, 15) is 0 Å². The van der Waals surface area contributed by atoms with E-state index in [0.29, 0.717) is 6.04 Å². The van der Waals surface area contributed by atoms with Gasteiger partial charge in [-0.25, -0.2) is 0 Å². The van der Waals surface area contributed by atoms with Crippen LogP contribution < -0.4 is 5.32 Å². The number of nitrogens with one attached hydrogen (secondary N) is 1. The van der Waals surface area contributed by atoms with Crippen molar-refractivity contribution >= 4 is 38.6 Å². The molecule has 0 radical (unpaired) electrons. The molecule has 92 valence electrons. The molecule has 5 heteroatoms. The SMILES string of the molecule is CCCNC(Cc1cncs1)c1sccc1Br. The predicted molar refractivity (Wildman–Crippen MR) is 78.9 cm³/mol. The zero-order valence-electron chi connectivity index (χ0n) is 9.65. The quantitative estimate of drug-likeness (QED) is 0.856. The number of thiazole rings is 1. The maximum absolute atomic E-state index is 4.14. The summed E-state index contributed by atoms with van der Waals surface area (Å²) >= 11 is 7.15. The fraction of sp³-hybridized carbons (Fsp3) is 0.417. The first kappa shape index (κ1) is 13.2. The Morgan fingerprint density at radius 3 is 2.94 bits per heavy atom. The lowest BCUT2D eigenvalue weighted by Crippen LogP contribution is -2.23. The third kappa shape index (κ3) is 3.61. The number of thiophene rings is 1. The van der Waals surface area contributed by atoms with Crippen molar-refractivity contribution in [3.8, 4) is 0 Å². The molecule has 0 aliphatic carbocycles. The Balaban J connectivity index is 2.11. The number of halogens is 1. The van der Waals surface area contributed by atoms with Crippen molar-refractivity contribution in [1.82, 2.24) is 10.3 Å². The molecular formula is C12H15BrN2S2. The van der Waals surface area contributed by atoms with Crippen molar-refractivity contribution in [1.29, 1.82) is 0 Å². The minimum Gasteiger partial charge on any atom is -0.309 e. The average molecular weight is 331 g/mol. The van der Waals surface area contributed by atoms with Crippen LogP contribution in [0.4, 0.5) is 0 Å². The largest absolute Gasteiger partial charge is 0.309 e. The van der Waals surface area contributed by atoms with Crippen LogP contribution in [0.5, 0.6) is 0 Å². The molecule has 2 heterocycles. The Labute approximate surface area is 118 Å². The van der Waals surface area contributed by atoms with Crippen LogP contribution in [0.15, 0.2) is 27.6 Å². The van der Waals surface area contributed by atoms with Crippen LogP contribution in [0.3, 0.4) is 0 Å². The number of rotatable bonds is 6. The summed E-state index contributed by atoms with van der Waals surface area (Å²) in [5.74, 6) is 0. The normalized spacial score (nSPS) is 12.8. The molecule has 2 nitrogen and oxygen atoms in total. The van der Waals surface area contributed by atoms with Gasteiger partial charge in [0.25, 0.3) is 0 Å². The first-order valence-corrected chi connectivity index (χ1v) is 8.20. The zero-order chi connectivity index (χ0) is 12.1. The highest BCUT2D eigenvalue weighted by molar-refractivity contribution is 9.10. The highest BCUT2D eigenvalue weighted by Gasteiger charge is 2.16. The van der Waals surface area contributed by atoms with Gasteiger partial charge in [-0.3, -0.25) is 4.98 Å². The van der Waals surface area contributed by atoms with Crippen LogP contribution in [-0.2, 0) is 6.42 Å². The molecule has 0 saturated heterocycles. The minimum atomic E-state index is 0.393. The maximum atomic E-state index is 4.14. The van der Waals surface area contributed by atoms with Crippen LogP contribution in [0.25, 0.3) is 0 Å². The van der Waals surface area contributed by atoms with E-state index >= 15 is 0 Å². The summed E-state index contributed by atoms with van der Waals surface area (Å²) in [5.41, 5.74) is 1.90. The molecule has 1 unspecified atom stereocenters. The molecule has 0 bridgehead atoms. The van der Waals surface area contributed by atoms with Gasteiger partial charge in [0.2, 0.25) is 0 Å². The van der Waals surface area contributed by atoms with Crippen LogP contribution in [0.1, 0.15) is 29.1 Å². The molecule has 0 aromatic carbocycles.